The molecule has 0 fully saturated rings. The minimum absolute atomic E-state index is 0.896. The first-order valence-corrected chi connectivity index (χ1v) is 20.6. The minimum Gasteiger partial charge on any atom is -0.455 e. The number of nitrogens with zero attached hydrogens (tertiary/aromatic N) is 1. The van der Waals surface area contributed by atoms with Gasteiger partial charge in [-0.1, -0.05) is 182 Å². The average Bonchev–Trinajstić information content (AvgIpc) is 3.72. The van der Waals surface area contributed by atoms with Crippen molar-refractivity contribution in [3.05, 3.63) is 224 Å². The summed E-state index contributed by atoms with van der Waals surface area (Å²) in [7, 11) is 0. The Morgan fingerprint density at radius 3 is 1.55 bits per heavy atom. The van der Waals surface area contributed by atoms with Gasteiger partial charge < -0.3 is 9.32 Å². The van der Waals surface area contributed by atoms with E-state index in [0.29, 0.717) is 0 Å². The molecule has 0 radical (unpaired) electrons. The van der Waals surface area contributed by atoms with Crippen LogP contribution in [0.4, 0.5) is 17.1 Å². The number of hydrogen-bond donors (Lipinski definition) is 0. The van der Waals surface area contributed by atoms with Crippen molar-refractivity contribution < 1.29 is 4.42 Å². The molecule has 0 aliphatic carbocycles. The van der Waals surface area contributed by atoms with E-state index in [9.17, 15) is 0 Å². The first-order chi connectivity index (χ1) is 29.8. The highest BCUT2D eigenvalue weighted by molar-refractivity contribution is 6.19. The summed E-state index contributed by atoms with van der Waals surface area (Å²) >= 11 is 0. The fourth-order valence-corrected chi connectivity index (χ4v) is 9.45. The summed E-state index contributed by atoms with van der Waals surface area (Å²) in [6, 6.07) is 81.3. The van der Waals surface area contributed by atoms with Crippen LogP contribution in [-0.4, -0.2) is 0 Å². The third-order valence-corrected chi connectivity index (χ3v) is 12.3. The molecule has 0 bridgehead atoms. The van der Waals surface area contributed by atoms with Crippen molar-refractivity contribution in [3.63, 3.8) is 0 Å². The third kappa shape index (κ3) is 5.50. The van der Waals surface area contributed by atoms with E-state index >= 15 is 0 Å². The molecule has 0 N–H and O–H groups in total. The molecule has 1 aromatic heterocycles. The maximum atomic E-state index is 6.57. The predicted octanol–water partition coefficient (Wildman–Crippen LogP) is 16.7. The van der Waals surface area contributed by atoms with E-state index in [1.165, 1.54) is 60.0 Å². The molecule has 0 saturated carbocycles. The largest absolute Gasteiger partial charge is 0.455 e. The van der Waals surface area contributed by atoms with E-state index < -0.39 is 0 Å². The third-order valence-electron chi connectivity index (χ3n) is 12.3. The topological polar surface area (TPSA) is 16.4 Å². The molecule has 12 aromatic rings. The minimum atomic E-state index is 0.896. The summed E-state index contributed by atoms with van der Waals surface area (Å²) in [4.78, 5) is 2.41. The maximum absolute atomic E-state index is 6.57. The standard InChI is InChI=1S/C58H37NO/c1-4-16-45-38(12-1)15-9-20-46(45)41-26-32-43(33-27-41)59(55-24-8-7-19-53(55)51-23-10-22-50-47-17-5-2-13-39(47)30-36-52(50)51)44-34-28-42(29-35-44)48-21-11-25-56-57(48)54-37-31-40-14-3-6-18-49(40)58(54)60-56/h1-37H. The van der Waals surface area contributed by atoms with Crippen molar-refractivity contribution in [2.75, 3.05) is 4.90 Å². The number of fused-ring (bicyclic) bond motifs is 9. The maximum Gasteiger partial charge on any atom is 0.143 e. The van der Waals surface area contributed by atoms with Gasteiger partial charge in [-0.2, -0.15) is 0 Å². The van der Waals surface area contributed by atoms with E-state index in [1.54, 1.807) is 0 Å². The molecular weight excluding hydrogens is 727 g/mol. The van der Waals surface area contributed by atoms with Crippen molar-refractivity contribution in [3.8, 4) is 33.4 Å². The van der Waals surface area contributed by atoms with Gasteiger partial charge in [0.2, 0.25) is 0 Å². The van der Waals surface area contributed by atoms with Gasteiger partial charge in [-0.3, -0.25) is 0 Å². The van der Waals surface area contributed by atoms with Gasteiger partial charge in [-0.25, -0.2) is 0 Å². The average molecular weight is 764 g/mol. The SMILES string of the molecule is c1ccc(N(c2ccc(-c3cccc4ccccc34)cc2)c2ccc(-c3cccc4oc5c6ccccc6ccc5c34)cc2)c(-c2cccc3c2ccc2ccccc23)c1. The predicted molar refractivity (Wildman–Crippen MR) is 255 cm³/mol. The molecule has 2 heteroatoms. The number of para-hydroxylation sites is 1. The van der Waals surface area contributed by atoms with E-state index in [1.807, 2.05) is 0 Å². The van der Waals surface area contributed by atoms with Gasteiger partial charge in [-0.15, -0.1) is 0 Å². The Balaban J connectivity index is 1.02. The van der Waals surface area contributed by atoms with Crippen LogP contribution >= 0.6 is 0 Å². The normalized spacial score (nSPS) is 11.7. The summed E-state index contributed by atoms with van der Waals surface area (Å²) in [5.74, 6) is 0. The molecule has 0 atom stereocenters. The van der Waals surface area contributed by atoms with E-state index in [4.69, 9.17) is 4.42 Å². The van der Waals surface area contributed by atoms with E-state index in [-0.39, 0.29) is 0 Å². The molecule has 0 spiro atoms. The smallest absolute Gasteiger partial charge is 0.143 e. The molecule has 0 aliphatic heterocycles. The van der Waals surface area contributed by atoms with Crippen LogP contribution < -0.4 is 4.90 Å². The Kier molecular flexibility index (Phi) is 7.89. The number of hydrogen-bond acceptors (Lipinski definition) is 2. The van der Waals surface area contributed by atoms with Gasteiger partial charge in [0.05, 0.1) is 5.69 Å². The van der Waals surface area contributed by atoms with E-state index in [0.717, 1.165) is 55.5 Å². The second-order valence-electron chi connectivity index (χ2n) is 15.6. The molecule has 0 saturated heterocycles. The summed E-state index contributed by atoms with van der Waals surface area (Å²) in [6.45, 7) is 0. The van der Waals surface area contributed by atoms with Crippen molar-refractivity contribution in [1.29, 1.82) is 0 Å². The Bertz CT molecular complexity index is 3590. The van der Waals surface area contributed by atoms with Crippen LogP contribution in [0, 0.1) is 0 Å². The molecular formula is C58H37NO. The van der Waals surface area contributed by atoms with Crippen LogP contribution in [0.5, 0.6) is 0 Å². The van der Waals surface area contributed by atoms with Gasteiger partial charge >= 0.3 is 0 Å². The van der Waals surface area contributed by atoms with Crippen LogP contribution in [0.2, 0.25) is 0 Å². The van der Waals surface area contributed by atoms with Crippen molar-refractivity contribution in [1.82, 2.24) is 0 Å². The summed E-state index contributed by atoms with van der Waals surface area (Å²) in [5.41, 5.74) is 12.2. The highest BCUT2D eigenvalue weighted by Crippen LogP contribution is 2.45. The first-order valence-electron chi connectivity index (χ1n) is 20.6. The zero-order chi connectivity index (χ0) is 39.6. The molecule has 1 heterocycles. The lowest BCUT2D eigenvalue weighted by molar-refractivity contribution is 0.673. The molecule has 0 aliphatic rings. The molecule has 280 valence electrons. The van der Waals surface area contributed by atoms with Gasteiger partial charge in [-0.05, 0) is 108 Å². The lowest BCUT2D eigenvalue weighted by atomic mass is 9.93. The quantitative estimate of drug-likeness (QED) is 0.157. The molecule has 0 amide bonds. The number of anilines is 3. The highest BCUT2D eigenvalue weighted by atomic mass is 16.3. The fourth-order valence-electron chi connectivity index (χ4n) is 9.45. The molecule has 12 rings (SSSR count). The summed E-state index contributed by atoms with van der Waals surface area (Å²) in [5, 5.41) is 12.1. The molecule has 60 heavy (non-hydrogen) atoms. The molecule has 11 aromatic carbocycles. The molecule has 0 unspecified atom stereocenters. The fraction of sp³-hybridized carbons (Fsp3) is 0. The lowest BCUT2D eigenvalue weighted by Crippen LogP contribution is -2.11. The Morgan fingerprint density at radius 2 is 0.783 bits per heavy atom. The van der Waals surface area contributed by atoms with Crippen molar-refractivity contribution >= 4 is 82.1 Å². The Hall–Kier alpha value is -7.94. The van der Waals surface area contributed by atoms with Crippen LogP contribution in [0.25, 0.3) is 98.4 Å². The Morgan fingerprint density at radius 1 is 0.283 bits per heavy atom. The first kappa shape index (κ1) is 34.1. The van der Waals surface area contributed by atoms with Crippen LogP contribution in [0.15, 0.2) is 229 Å². The van der Waals surface area contributed by atoms with Crippen molar-refractivity contribution in [2.45, 2.75) is 0 Å². The molecule has 2 nitrogen and oxygen atoms in total. The van der Waals surface area contributed by atoms with Gasteiger partial charge in [0.1, 0.15) is 11.2 Å². The van der Waals surface area contributed by atoms with Crippen molar-refractivity contribution in [2.24, 2.45) is 0 Å². The second kappa shape index (κ2) is 13.9. The number of benzene rings is 11. The van der Waals surface area contributed by atoms with Gasteiger partial charge in [0, 0.05) is 33.1 Å². The second-order valence-corrected chi connectivity index (χ2v) is 15.6. The van der Waals surface area contributed by atoms with Crippen LogP contribution in [0.3, 0.4) is 0 Å². The number of rotatable bonds is 6. The summed E-state index contributed by atoms with van der Waals surface area (Å²) in [6.07, 6.45) is 0. The monoisotopic (exact) mass is 763 g/mol. The van der Waals surface area contributed by atoms with E-state index in [2.05, 4.69) is 229 Å². The lowest BCUT2D eigenvalue weighted by Gasteiger charge is -2.28. The van der Waals surface area contributed by atoms with Crippen LogP contribution in [-0.2, 0) is 0 Å². The van der Waals surface area contributed by atoms with Gasteiger partial charge in [0.25, 0.3) is 0 Å². The van der Waals surface area contributed by atoms with Crippen LogP contribution in [0.1, 0.15) is 0 Å². The zero-order valence-corrected chi connectivity index (χ0v) is 32.7. The summed E-state index contributed by atoms with van der Waals surface area (Å²) < 4.78 is 6.57. The zero-order valence-electron chi connectivity index (χ0n) is 32.7. The number of furan rings is 1. The highest BCUT2D eigenvalue weighted by Gasteiger charge is 2.20. The Labute approximate surface area is 347 Å². The van der Waals surface area contributed by atoms with Gasteiger partial charge in [0.15, 0.2) is 0 Å².